The molecule has 0 unspecified atom stereocenters. The Morgan fingerprint density at radius 1 is 1.07 bits per heavy atom. The molecule has 0 bridgehead atoms. The van der Waals surface area contributed by atoms with Crippen LogP contribution in [0, 0.1) is 0 Å². The highest BCUT2D eigenvalue weighted by molar-refractivity contribution is 6.26. The molecule has 1 heterocycles. The number of carbonyl (C=O) groups excluding carboxylic acids is 3. The number of ether oxygens (including phenoxy) is 2. The zero-order valence-corrected chi connectivity index (χ0v) is 17.1. The number of carbonyl (C=O) groups is 3. The highest BCUT2D eigenvalue weighted by atomic mass is 16.5. The Labute approximate surface area is 175 Å². The molecule has 30 heavy (non-hydrogen) atoms. The first-order chi connectivity index (χ1) is 14.5. The number of hydrogen-bond acceptors (Lipinski definition) is 5. The second-order valence-corrected chi connectivity index (χ2v) is 7.90. The number of rotatable bonds is 6. The van der Waals surface area contributed by atoms with Gasteiger partial charge in [-0.3, -0.25) is 14.5 Å². The maximum absolute atomic E-state index is 13.0. The molecule has 4 rings (SSSR count). The van der Waals surface area contributed by atoms with Crippen LogP contribution in [-0.4, -0.2) is 41.9 Å². The predicted molar refractivity (Wildman–Crippen MR) is 113 cm³/mol. The lowest BCUT2D eigenvalue weighted by Gasteiger charge is -2.28. The summed E-state index contributed by atoms with van der Waals surface area (Å²) in [6, 6.07) is 8.97. The van der Waals surface area contributed by atoms with E-state index in [4.69, 9.17) is 9.47 Å². The molecular formula is C24H25NO5. The summed E-state index contributed by atoms with van der Waals surface area (Å²) in [5.41, 5.74) is 1.19. The van der Waals surface area contributed by atoms with Crippen LogP contribution in [0.5, 0.6) is 5.75 Å². The van der Waals surface area contributed by atoms with E-state index in [9.17, 15) is 14.4 Å². The van der Waals surface area contributed by atoms with Crippen molar-refractivity contribution in [3.63, 3.8) is 0 Å². The summed E-state index contributed by atoms with van der Waals surface area (Å²) in [6.07, 6.45) is 5.78. The molecule has 0 aromatic heterocycles. The monoisotopic (exact) mass is 407 g/mol. The van der Waals surface area contributed by atoms with Gasteiger partial charge in [-0.1, -0.05) is 25.1 Å². The highest BCUT2D eigenvalue weighted by Crippen LogP contribution is 2.37. The number of benzene rings is 2. The van der Waals surface area contributed by atoms with Gasteiger partial charge < -0.3 is 9.47 Å². The molecule has 2 amide bonds. The third-order valence-electron chi connectivity index (χ3n) is 5.69. The SMILES string of the molecule is C=C(C)C(=O)OCCN1C(=O)c2cccc3c(OC4CCCCC4)ccc(c23)C1=O. The van der Waals surface area contributed by atoms with Crippen LogP contribution >= 0.6 is 0 Å². The van der Waals surface area contributed by atoms with Crippen molar-refractivity contribution in [3.8, 4) is 5.75 Å². The lowest BCUT2D eigenvalue weighted by atomic mass is 9.93. The Hall–Kier alpha value is -3.15. The standard InChI is InChI=1S/C24H25NO5/c1-15(2)24(28)29-14-13-25-22(26)18-10-6-9-17-20(30-16-7-4-3-5-8-16)12-11-19(21(17)18)23(25)27/h6,9-12,16H,1,3-5,7-8,13-14H2,2H3. The molecule has 2 aliphatic rings. The van der Waals surface area contributed by atoms with E-state index < -0.39 is 5.97 Å². The van der Waals surface area contributed by atoms with Crippen LogP contribution in [-0.2, 0) is 9.53 Å². The summed E-state index contributed by atoms with van der Waals surface area (Å²) >= 11 is 0. The largest absolute Gasteiger partial charge is 0.490 e. The van der Waals surface area contributed by atoms with E-state index in [-0.39, 0.29) is 36.6 Å². The Kier molecular flexibility index (Phi) is 5.57. The molecule has 0 atom stereocenters. The number of esters is 1. The number of hydrogen-bond donors (Lipinski definition) is 0. The van der Waals surface area contributed by atoms with E-state index in [0.29, 0.717) is 22.3 Å². The Balaban J connectivity index is 1.61. The third kappa shape index (κ3) is 3.70. The summed E-state index contributed by atoms with van der Waals surface area (Å²) in [6.45, 7) is 4.99. The second-order valence-electron chi connectivity index (χ2n) is 7.90. The van der Waals surface area contributed by atoms with Crippen LogP contribution in [0.15, 0.2) is 42.5 Å². The molecule has 2 aromatic carbocycles. The molecule has 6 heteroatoms. The van der Waals surface area contributed by atoms with Gasteiger partial charge in [-0.2, -0.15) is 0 Å². The molecule has 1 saturated carbocycles. The van der Waals surface area contributed by atoms with Gasteiger partial charge in [0.2, 0.25) is 0 Å². The van der Waals surface area contributed by atoms with Gasteiger partial charge in [0.05, 0.1) is 12.6 Å². The van der Waals surface area contributed by atoms with Gasteiger partial charge in [0.1, 0.15) is 12.4 Å². The normalized spacial score (nSPS) is 16.6. The topological polar surface area (TPSA) is 72.9 Å². The van der Waals surface area contributed by atoms with Crippen LogP contribution in [0.4, 0.5) is 0 Å². The molecule has 6 nitrogen and oxygen atoms in total. The van der Waals surface area contributed by atoms with Crippen LogP contribution in [0.2, 0.25) is 0 Å². The van der Waals surface area contributed by atoms with Crippen molar-refractivity contribution >= 4 is 28.6 Å². The van der Waals surface area contributed by atoms with Crippen molar-refractivity contribution in [2.75, 3.05) is 13.2 Å². The van der Waals surface area contributed by atoms with Crippen molar-refractivity contribution < 1.29 is 23.9 Å². The summed E-state index contributed by atoms with van der Waals surface area (Å²) in [5.74, 6) is -0.607. The van der Waals surface area contributed by atoms with Gasteiger partial charge in [0.15, 0.2) is 0 Å². The molecule has 1 aliphatic carbocycles. The van der Waals surface area contributed by atoms with Crippen LogP contribution in [0.3, 0.4) is 0 Å². The predicted octanol–water partition coefficient (Wildman–Crippen LogP) is 4.27. The van der Waals surface area contributed by atoms with Crippen LogP contribution in [0.25, 0.3) is 10.8 Å². The maximum atomic E-state index is 13.0. The molecular weight excluding hydrogens is 382 g/mol. The molecule has 0 radical (unpaired) electrons. The quantitative estimate of drug-likeness (QED) is 0.406. The minimum atomic E-state index is -0.543. The smallest absolute Gasteiger partial charge is 0.333 e. The number of imide groups is 1. The first-order valence-corrected chi connectivity index (χ1v) is 10.4. The first-order valence-electron chi connectivity index (χ1n) is 10.4. The molecule has 156 valence electrons. The first kappa shape index (κ1) is 20.1. The van der Waals surface area contributed by atoms with E-state index in [2.05, 4.69) is 6.58 Å². The fraction of sp³-hybridized carbons (Fsp3) is 0.375. The van der Waals surface area contributed by atoms with Crippen molar-refractivity contribution in [1.29, 1.82) is 0 Å². The van der Waals surface area contributed by atoms with E-state index in [1.165, 1.54) is 6.42 Å². The fourth-order valence-electron chi connectivity index (χ4n) is 4.14. The molecule has 1 aliphatic heterocycles. The summed E-state index contributed by atoms with van der Waals surface area (Å²) in [4.78, 5) is 38.8. The van der Waals surface area contributed by atoms with Gasteiger partial charge in [-0.25, -0.2) is 4.79 Å². The number of amides is 2. The van der Waals surface area contributed by atoms with Gasteiger partial charge in [-0.15, -0.1) is 0 Å². The van der Waals surface area contributed by atoms with Crippen molar-refractivity contribution in [2.45, 2.75) is 45.1 Å². The zero-order valence-electron chi connectivity index (χ0n) is 17.1. The summed E-state index contributed by atoms with van der Waals surface area (Å²) in [5, 5.41) is 1.42. The molecule has 0 N–H and O–H groups in total. The van der Waals surface area contributed by atoms with E-state index in [0.717, 1.165) is 36.0 Å². The van der Waals surface area contributed by atoms with E-state index in [1.807, 2.05) is 18.2 Å². The third-order valence-corrected chi connectivity index (χ3v) is 5.69. The fourth-order valence-corrected chi connectivity index (χ4v) is 4.14. The Bertz CT molecular complexity index is 1010. The minimum absolute atomic E-state index is 0.00710. The molecule has 2 aromatic rings. The van der Waals surface area contributed by atoms with Gasteiger partial charge in [0.25, 0.3) is 11.8 Å². The minimum Gasteiger partial charge on any atom is -0.490 e. The lowest BCUT2D eigenvalue weighted by molar-refractivity contribution is -0.139. The second kappa shape index (κ2) is 8.30. The summed E-state index contributed by atoms with van der Waals surface area (Å²) in [7, 11) is 0. The van der Waals surface area contributed by atoms with Gasteiger partial charge >= 0.3 is 5.97 Å². The van der Waals surface area contributed by atoms with Gasteiger partial charge in [0, 0.05) is 27.5 Å². The van der Waals surface area contributed by atoms with E-state index in [1.54, 1.807) is 19.1 Å². The summed E-state index contributed by atoms with van der Waals surface area (Å²) < 4.78 is 11.3. The van der Waals surface area contributed by atoms with Crippen LogP contribution < -0.4 is 4.74 Å². The van der Waals surface area contributed by atoms with E-state index >= 15 is 0 Å². The Morgan fingerprint density at radius 3 is 2.47 bits per heavy atom. The lowest BCUT2D eigenvalue weighted by Crippen LogP contribution is -2.42. The average Bonchev–Trinajstić information content (AvgIpc) is 2.75. The average molecular weight is 407 g/mol. The van der Waals surface area contributed by atoms with Gasteiger partial charge in [-0.05, 0) is 50.8 Å². The maximum Gasteiger partial charge on any atom is 0.333 e. The van der Waals surface area contributed by atoms with Crippen LogP contribution in [0.1, 0.15) is 59.7 Å². The molecule has 0 spiro atoms. The van der Waals surface area contributed by atoms with Crippen molar-refractivity contribution in [2.24, 2.45) is 0 Å². The molecule has 0 saturated heterocycles. The van der Waals surface area contributed by atoms with Crippen molar-refractivity contribution in [3.05, 3.63) is 53.6 Å². The Morgan fingerprint density at radius 2 is 1.77 bits per heavy atom. The highest BCUT2D eigenvalue weighted by Gasteiger charge is 2.33. The number of nitrogens with zero attached hydrogens (tertiary/aromatic N) is 1. The molecule has 1 fully saturated rings. The zero-order chi connectivity index (χ0) is 21.3. The van der Waals surface area contributed by atoms with Crippen molar-refractivity contribution in [1.82, 2.24) is 4.90 Å².